The zero-order valence-electron chi connectivity index (χ0n) is 34.1. The number of benzene rings is 10. The smallest absolute Gasteiger partial charge is 0.238 e. The summed E-state index contributed by atoms with van der Waals surface area (Å²) in [4.78, 5) is 11.2. The average Bonchev–Trinajstić information content (AvgIpc) is 4.12. The maximum absolute atomic E-state index is 6.78. The van der Waals surface area contributed by atoms with Gasteiger partial charge in [0.2, 0.25) is 11.7 Å². The van der Waals surface area contributed by atoms with Crippen molar-refractivity contribution in [2.24, 2.45) is 0 Å². The van der Waals surface area contributed by atoms with Crippen molar-refractivity contribution in [3.8, 4) is 22.9 Å². The van der Waals surface area contributed by atoms with Crippen LogP contribution in [0.2, 0.25) is 0 Å². The molecule has 0 aliphatic heterocycles. The SMILES string of the molecule is c1ccc(-n2c3ccc4ccccc4c3c3c4ccccc4c4c5ccccc5n(-c5nc(-c6cc7oc8ccccc8c7c7ccccc67)c6c(n5)oc5ccccc56)c4c32)cc1. The average molecular weight is 817 g/mol. The number of furan rings is 2. The lowest BCUT2D eigenvalue weighted by molar-refractivity contribution is 0.651. The summed E-state index contributed by atoms with van der Waals surface area (Å²) in [7, 11) is 0. The first-order valence-corrected chi connectivity index (χ1v) is 21.7. The lowest BCUT2D eigenvalue weighted by Gasteiger charge is -2.14. The maximum atomic E-state index is 6.78. The molecule has 5 aromatic heterocycles. The van der Waals surface area contributed by atoms with Crippen LogP contribution < -0.4 is 0 Å². The Balaban J connectivity index is 1.18. The molecular formula is C58H32N4O2. The van der Waals surface area contributed by atoms with Crippen LogP contribution in [0.1, 0.15) is 0 Å². The van der Waals surface area contributed by atoms with E-state index in [4.69, 9.17) is 18.8 Å². The molecule has 0 unspecified atom stereocenters. The van der Waals surface area contributed by atoms with E-state index in [1.807, 2.05) is 24.3 Å². The highest BCUT2D eigenvalue weighted by molar-refractivity contribution is 6.39. The van der Waals surface area contributed by atoms with Crippen molar-refractivity contribution in [1.29, 1.82) is 0 Å². The Morgan fingerprint density at radius 1 is 0.344 bits per heavy atom. The minimum atomic E-state index is 0.521. The second-order valence-electron chi connectivity index (χ2n) is 16.8. The molecule has 0 N–H and O–H groups in total. The number of hydrogen-bond acceptors (Lipinski definition) is 4. The van der Waals surface area contributed by atoms with Crippen molar-refractivity contribution in [1.82, 2.24) is 19.1 Å². The number of aromatic nitrogens is 4. The molecule has 296 valence electrons. The van der Waals surface area contributed by atoms with Gasteiger partial charge in [-0.25, -0.2) is 4.98 Å². The van der Waals surface area contributed by atoms with Gasteiger partial charge in [0.05, 0.1) is 33.1 Å². The zero-order valence-corrected chi connectivity index (χ0v) is 34.1. The predicted octanol–water partition coefficient (Wildman–Crippen LogP) is 15.6. The third-order valence-electron chi connectivity index (χ3n) is 13.5. The minimum Gasteiger partial charge on any atom is -0.456 e. The maximum Gasteiger partial charge on any atom is 0.238 e. The van der Waals surface area contributed by atoms with Crippen LogP contribution >= 0.6 is 0 Å². The van der Waals surface area contributed by atoms with Crippen molar-refractivity contribution in [2.75, 3.05) is 0 Å². The van der Waals surface area contributed by atoms with Gasteiger partial charge in [-0.05, 0) is 74.8 Å². The van der Waals surface area contributed by atoms with Gasteiger partial charge in [0.25, 0.3) is 0 Å². The molecular weight excluding hydrogens is 785 g/mol. The van der Waals surface area contributed by atoms with Crippen molar-refractivity contribution in [3.63, 3.8) is 0 Å². The summed E-state index contributed by atoms with van der Waals surface area (Å²) in [5, 5.41) is 15.6. The van der Waals surface area contributed by atoms with Crippen molar-refractivity contribution < 1.29 is 8.83 Å². The van der Waals surface area contributed by atoms with E-state index in [1.165, 1.54) is 32.3 Å². The Morgan fingerprint density at radius 2 is 0.922 bits per heavy atom. The molecule has 0 amide bonds. The quantitative estimate of drug-likeness (QED) is 0.178. The fraction of sp³-hybridized carbons (Fsp3) is 0. The summed E-state index contributed by atoms with van der Waals surface area (Å²) in [5.74, 6) is 0.521. The number of para-hydroxylation sites is 4. The fourth-order valence-electron chi connectivity index (χ4n) is 10.9. The number of rotatable bonds is 3. The molecule has 0 saturated carbocycles. The minimum absolute atomic E-state index is 0.521. The topological polar surface area (TPSA) is 61.9 Å². The summed E-state index contributed by atoms with van der Waals surface area (Å²) >= 11 is 0. The van der Waals surface area contributed by atoms with E-state index in [9.17, 15) is 0 Å². The monoisotopic (exact) mass is 816 g/mol. The Labute approximate surface area is 363 Å². The Kier molecular flexibility index (Phi) is 6.59. The summed E-state index contributed by atoms with van der Waals surface area (Å²) in [6, 6.07) is 68.8. The van der Waals surface area contributed by atoms with Gasteiger partial charge >= 0.3 is 0 Å². The van der Waals surface area contributed by atoms with Gasteiger partial charge < -0.3 is 13.4 Å². The van der Waals surface area contributed by atoms with E-state index < -0.39 is 0 Å². The third kappa shape index (κ3) is 4.38. The highest BCUT2D eigenvalue weighted by Crippen LogP contribution is 2.49. The van der Waals surface area contributed by atoms with Crippen LogP contribution in [0.4, 0.5) is 0 Å². The normalized spacial score (nSPS) is 12.4. The Bertz CT molecular complexity index is 4490. The largest absolute Gasteiger partial charge is 0.456 e. The molecule has 15 aromatic rings. The van der Waals surface area contributed by atoms with Gasteiger partial charge in [0, 0.05) is 49.0 Å². The van der Waals surface area contributed by atoms with Crippen LogP contribution in [-0.2, 0) is 0 Å². The van der Waals surface area contributed by atoms with E-state index in [0.29, 0.717) is 11.7 Å². The van der Waals surface area contributed by atoms with Gasteiger partial charge in [0.15, 0.2) is 0 Å². The third-order valence-corrected chi connectivity index (χ3v) is 13.5. The summed E-state index contributed by atoms with van der Waals surface area (Å²) < 4.78 is 18.2. The molecule has 6 nitrogen and oxygen atoms in total. The van der Waals surface area contributed by atoms with Crippen LogP contribution in [0, 0.1) is 0 Å². The molecule has 0 fully saturated rings. The van der Waals surface area contributed by atoms with E-state index in [-0.39, 0.29) is 0 Å². The molecule has 0 bridgehead atoms. The molecule has 0 aliphatic carbocycles. The molecule has 6 heteroatoms. The molecule has 0 saturated heterocycles. The Morgan fingerprint density at radius 3 is 1.70 bits per heavy atom. The van der Waals surface area contributed by atoms with E-state index in [1.54, 1.807) is 0 Å². The van der Waals surface area contributed by atoms with Gasteiger partial charge in [-0.3, -0.25) is 4.57 Å². The number of nitrogens with zero attached hydrogens (tertiary/aromatic N) is 4. The highest BCUT2D eigenvalue weighted by Gasteiger charge is 2.28. The molecule has 5 heterocycles. The summed E-state index contributed by atoms with van der Waals surface area (Å²) in [6.45, 7) is 0. The van der Waals surface area contributed by atoms with E-state index >= 15 is 0 Å². The van der Waals surface area contributed by atoms with Crippen LogP contribution in [-0.4, -0.2) is 19.1 Å². The van der Waals surface area contributed by atoms with Crippen molar-refractivity contribution in [3.05, 3.63) is 194 Å². The number of fused-ring (bicyclic) bond motifs is 20. The highest BCUT2D eigenvalue weighted by atomic mass is 16.3. The fourth-order valence-corrected chi connectivity index (χ4v) is 10.9. The van der Waals surface area contributed by atoms with Crippen LogP contribution in [0.25, 0.3) is 143 Å². The molecule has 10 aromatic carbocycles. The first kappa shape index (κ1) is 33.9. The molecule has 0 aliphatic rings. The van der Waals surface area contributed by atoms with Crippen LogP contribution in [0.15, 0.2) is 203 Å². The molecule has 64 heavy (non-hydrogen) atoms. The second kappa shape index (κ2) is 12.4. The van der Waals surface area contributed by atoms with Crippen molar-refractivity contribution >= 4 is 120 Å². The molecule has 0 radical (unpaired) electrons. The first-order chi connectivity index (χ1) is 31.8. The summed E-state index contributed by atoms with van der Waals surface area (Å²) in [5.41, 5.74) is 9.99. The second-order valence-corrected chi connectivity index (χ2v) is 16.8. The standard InChI is InChI=1S/C58H32N4O2/c1-2-17-34(18-3-1)61-45-31-30-33-16-4-5-19-35(33)51(45)52-39-23-9-8-22-38(39)50-40-24-10-13-27-44(40)62(55(50)56(52)61)58-59-54(53-42-26-12-15-29-47(42)64-57(53)60-58)43-32-48-49(37-21-7-6-20-36(37)43)41-25-11-14-28-46(41)63-48/h1-32H. The van der Waals surface area contributed by atoms with Gasteiger partial charge in [0.1, 0.15) is 16.7 Å². The van der Waals surface area contributed by atoms with E-state index in [2.05, 4.69) is 179 Å². The first-order valence-electron chi connectivity index (χ1n) is 21.7. The molecule has 0 atom stereocenters. The van der Waals surface area contributed by atoms with Gasteiger partial charge in [-0.15, -0.1) is 0 Å². The number of hydrogen-bond donors (Lipinski definition) is 0. The Hall–Kier alpha value is -8.74. The van der Waals surface area contributed by atoms with Crippen LogP contribution in [0.3, 0.4) is 0 Å². The van der Waals surface area contributed by atoms with E-state index in [0.717, 1.165) is 98.9 Å². The van der Waals surface area contributed by atoms with Crippen LogP contribution in [0.5, 0.6) is 0 Å². The van der Waals surface area contributed by atoms with Gasteiger partial charge in [-0.1, -0.05) is 152 Å². The lowest BCUT2D eigenvalue weighted by Crippen LogP contribution is -2.04. The summed E-state index contributed by atoms with van der Waals surface area (Å²) in [6.07, 6.45) is 0. The molecule has 15 rings (SSSR count). The zero-order chi connectivity index (χ0) is 41.6. The van der Waals surface area contributed by atoms with Crippen molar-refractivity contribution in [2.45, 2.75) is 0 Å². The predicted molar refractivity (Wildman–Crippen MR) is 263 cm³/mol. The van der Waals surface area contributed by atoms with Gasteiger partial charge in [-0.2, -0.15) is 4.98 Å². The lowest BCUT2D eigenvalue weighted by atomic mass is 9.96. The molecule has 0 spiro atoms.